The summed E-state index contributed by atoms with van der Waals surface area (Å²) in [5.41, 5.74) is 5.65. The number of anilines is 1. The Labute approximate surface area is 172 Å². The molecule has 0 aliphatic rings. The lowest BCUT2D eigenvalue weighted by Gasteiger charge is -2.08. The van der Waals surface area contributed by atoms with E-state index in [1.807, 2.05) is 6.92 Å². The fourth-order valence-electron chi connectivity index (χ4n) is 2.94. The second-order valence-corrected chi connectivity index (χ2v) is 6.54. The third kappa shape index (κ3) is 4.51. The van der Waals surface area contributed by atoms with Gasteiger partial charge in [0, 0.05) is 24.4 Å². The second kappa shape index (κ2) is 8.98. The number of nitriles is 1. The minimum atomic E-state index is -0.440. The molecule has 0 aliphatic heterocycles. The fraction of sp³-hybridized carbons (Fsp3) is 0.190. The first kappa shape index (κ1) is 20.7. The molecule has 3 aromatic rings. The number of nitrogens with zero attached hydrogens (tertiary/aromatic N) is 4. The van der Waals surface area contributed by atoms with Gasteiger partial charge in [-0.2, -0.15) is 10.4 Å². The molecular formula is C21H19N5O4. The van der Waals surface area contributed by atoms with Crippen LogP contribution in [0.4, 0.5) is 11.5 Å². The van der Waals surface area contributed by atoms with Crippen molar-refractivity contribution in [3.63, 3.8) is 0 Å². The lowest BCUT2D eigenvalue weighted by Crippen LogP contribution is -2.03. The zero-order valence-electron chi connectivity index (χ0n) is 16.7. The van der Waals surface area contributed by atoms with E-state index >= 15 is 0 Å². The largest absolute Gasteiger partial charge is 0.455 e. The zero-order valence-corrected chi connectivity index (χ0v) is 16.7. The number of hydrogen-bond acceptors (Lipinski definition) is 8. The van der Waals surface area contributed by atoms with Gasteiger partial charge in [0.15, 0.2) is 5.82 Å². The third-order valence-electron chi connectivity index (χ3n) is 4.25. The number of hydrazone groups is 1. The first-order valence-corrected chi connectivity index (χ1v) is 8.96. The SMILES string of the molecule is COCc1cc(C)nc(N/N=C\c2ccc(-c3ccc(C)cc3[N+](=O)[O-])o2)c1C#N. The molecule has 0 fully saturated rings. The van der Waals surface area contributed by atoms with Crippen LogP contribution < -0.4 is 5.43 Å². The number of rotatable bonds is 7. The number of aromatic nitrogens is 1. The number of hydrogen-bond donors (Lipinski definition) is 1. The first-order chi connectivity index (χ1) is 14.4. The van der Waals surface area contributed by atoms with Crippen molar-refractivity contribution in [2.75, 3.05) is 12.5 Å². The Morgan fingerprint density at radius 3 is 2.83 bits per heavy atom. The van der Waals surface area contributed by atoms with Crippen molar-refractivity contribution in [2.45, 2.75) is 20.5 Å². The highest BCUT2D eigenvalue weighted by atomic mass is 16.6. The number of nitrogens with one attached hydrogen (secondary N) is 1. The summed E-state index contributed by atoms with van der Waals surface area (Å²) in [4.78, 5) is 15.2. The summed E-state index contributed by atoms with van der Waals surface area (Å²) in [5, 5.41) is 24.9. The van der Waals surface area contributed by atoms with E-state index in [4.69, 9.17) is 9.15 Å². The monoisotopic (exact) mass is 405 g/mol. The summed E-state index contributed by atoms with van der Waals surface area (Å²) in [7, 11) is 1.55. The van der Waals surface area contributed by atoms with E-state index in [0.29, 0.717) is 39.7 Å². The smallest absolute Gasteiger partial charge is 0.280 e. The van der Waals surface area contributed by atoms with Crippen molar-refractivity contribution >= 4 is 17.7 Å². The van der Waals surface area contributed by atoms with E-state index in [1.54, 1.807) is 44.4 Å². The topological polar surface area (TPSA) is 127 Å². The van der Waals surface area contributed by atoms with Crippen LogP contribution in [0.25, 0.3) is 11.3 Å². The van der Waals surface area contributed by atoms with Gasteiger partial charge in [0.05, 0.1) is 23.3 Å². The Bertz CT molecular complexity index is 1160. The number of aryl methyl sites for hydroxylation is 2. The van der Waals surface area contributed by atoms with E-state index in [2.05, 4.69) is 21.6 Å². The maximum atomic E-state index is 11.3. The molecule has 0 spiro atoms. The molecule has 1 N–H and O–H groups in total. The standard InChI is InChI=1S/C21H19N5O4/c1-13-4-6-17(19(8-13)26(27)28)20-7-5-16(30-20)11-23-25-21-18(10-22)15(12-29-3)9-14(2)24-21/h4-9,11H,12H2,1-3H3,(H,24,25)/b23-11-. The van der Waals surface area contributed by atoms with Crippen LogP contribution in [0.2, 0.25) is 0 Å². The van der Waals surface area contributed by atoms with Crippen LogP contribution in [-0.2, 0) is 11.3 Å². The average molecular weight is 405 g/mol. The van der Waals surface area contributed by atoms with E-state index in [9.17, 15) is 15.4 Å². The molecule has 0 radical (unpaired) electrons. The molecule has 9 heteroatoms. The number of furan rings is 1. The van der Waals surface area contributed by atoms with Crippen LogP contribution in [-0.4, -0.2) is 23.2 Å². The number of pyridine rings is 1. The van der Waals surface area contributed by atoms with E-state index in [1.165, 1.54) is 12.3 Å². The van der Waals surface area contributed by atoms with Gasteiger partial charge >= 0.3 is 0 Å². The highest BCUT2D eigenvalue weighted by Crippen LogP contribution is 2.31. The van der Waals surface area contributed by atoms with Gasteiger partial charge in [-0.25, -0.2) is 4.98 Å². The molecule has 30 heavy (non-hydrogen) atoms. The number of benzene rings is 1. The van der Waals surface area contributed by atoms with Gasteiger partial charge in [0.1, 0.15) is 23.2 Å². The van der Waals surface area contributed by atoms with Crippen LogP contribution >= 0.6 is 0 Å². The molecular weight excluding hydrogens is 386 g/mol. The van der Waals surface area contributed by atoms with E-state index < -0.39 is 4.92 Å². The third-order valence-corrected chi connectivity index (χ3v) is 4.25. The summed E-state index contributed by atoms with van der Waals surface area (Å²) in [6.45, 7) is 3.87. The average Bonchev–Trinajstić information content (AvgIpc) is 3.16. The van der Waals surface area contributed by atoms with Crippen molar-refractivity contribution in [1.82, 2.24) is 4.98 Å². The molecule has 2 aromatic heterocycles. The molecule has 0 amide bonds. The summed E-state index contributed by atoms with van der Waals surface area (Å²) in [6, 6.07) is 12.1. The summed E-state index contributed by atoms with van der Waals surface area (Å²) < 4.78 is 10.8. The van der Waals surface area contributed by atoms with Crippen LogP contribution in [0.5, 0.6) is 0 Å². The first-order valence-electron chi connectivity index (χ1n) is 8.96. The summed E-state index contributed by atoms with van der Waals surface area (Å²) in [6.07, 6.45) is 1.41. The minimum absolute atomic E-state index is 0.0285. The van der Waals surface area contributed by atoms with Crippen molar-refractivity contribution in [3.05, 3.63) is 74.7 Å². The molecule has 9 nitrogen and oxygen atoms in total. The minimum Gasteiger partial charge on any atom is -0.455 e. The highest BCUT2D eigenvalue weighted by molar-refractivity contribution is 5.79. The molecule has 152 valence electrons. The Hall–Kier alpha value is -4.03. The number of nitro benzene ring substituents is 1. The Morgan fingerprint density at radius 1 is 1.33 bits per heavy atom. The van der Waals surface area contributed by atoms with Gasteiger partial charge in [-0.1, -0.05) is 6.07 Å². The summed E-state index contributed by atoms with van der Waals surface area (Å²) >= 11 is 0. The normalized spacial score (nSPS) is 10.9. The van der Waals surface area contributed by atoms with Gasteiger partial charge in [0.25, 0.3) is 5.69 Å². The zero-order chi connectivity index (χ0) is 21.7. The molecule has 0 unspecified atom stereocenters. The Morgan fingerprint density at radius 2 is 2.13 bits per heavy atom. The molecule has 0 atom stereocenters. The molecule has 0 aliphatic carbocycles. The van der Waals surface area contributed by atoms with E-state index in [0.717, 1.165) is 5.56 Å². The maximum Gasteiger partial charge on any atom is 0.280 e. The molecule has 0 bridgehead atoms. The lowest BCUT2D eigenvalue weighted by molar-refractivity contribution is -0.384. The fourth-order valence-corrected chi connectivity index (χ4v) is 2.94. The quantitative estimate of drug-likeness (QED) is 0.352. The molecule has 2 heterocycles. The van der Waals surface area contributed by atoms with Crippen molar-refractivity contribution in [2.24, 2.45) is 5.10 Å². The van der Waals surface area contributed by atoms with Crippen molar-refractivity contribution in [1.29, 1.82) is 5.26 Å². The highest BCUT2D eigenvalue weighted by Gasteiger charge is 2.18. The van der Waals surface area contributed by atoms with Gasteiger partial charge in [-0.3, -0.25) is 15.5 Å². The molecule has 1 aromatic carbocycles. The predicted molar refractivity (Wildman–Crippen MR) is 111 cm³/mol. The number of ether oxygens (including phenoxy) is 1. The van der Waals surface area contributed by atoms with Crippen molar-refractivity contribution in [3.8, 4) is 17.4 Å². The summed E-state index contributed by atoms with van der Waals surface area (Å²) in [5.74, 6) is 1.05. The van der Waals surface area contributed by atoms with Gasteiger partial charge in [-0.05, 0) is 43.7 Å². The number of methoxy groups -OCH3 is 1. The van der Waals surface area contributed by atoms with Gasteiger partial charge < -0.3 is 9.15 Å². The Balaban J connectivity index is 1.83. The second-order valence-electron chi connectivity index (χ2n) is 6.54. The molecule has 0 saturated carbocycles. The lowest BCUT2D eigenvalue weighted by atomic mass is 10.1. The molecule has 3 rings (SSSR count). The Kier molecular flexibility index (Phi) is 6.20. The van der Waals surface area contributed by atoms with Crippen molar-refractivity contribution < 1.29 is 14.1 Å². The maximum absolute atomic E-state index is 11.3. The predicted octanol–water partition coefficient (Wildman–Crippen LogP) is 4.33. The van der Waals surface area contributed by atoms with Crippen LogP contribution in [0, 0.1) is 35.3 Å². The van der Waals surface area contributed by atoms with Crippen LogP contribution in [0.1, 0.15) is 28.1 Å². The van der Waals surface area contributed by atoms with Crippen LogP contribution in [0.3, 0.4) is 0 Å². The van der Waals surface area contributed by atoms with Gasteiger partial charge in [0.2, 0.25) is 0 Å². The van der Waals surface area contributed by atoms with E-state index in [-0.39, 0.29) is 12.3 Å². The van der Waals surface area contributed by atoms with Crippen LogP contribution in [0.15, 0.2) is 45.9 Å². The number of nitro groups is 1. The van der Waals surface area contributed by atoms with Gasteiger partial charge in [-0.15, -0.1) is 0 Å². The molecule has 0 saturated heterocycles.